The van der Waals surface area contributed by atoms with Crippen LogP contribution in [0.2, 0.25) is 0 Å². The third kappa shape index (κ3) is 3.46. The van der Waals surface area contributed by atoms with Crippen molar-refractivity contribution in [2.75, 3.05) is 0 Å². The van der Waals surface area contributed by atoms with Gasteiger partial charge in [0.1, 0.15) is 0 Å². The highest BCUT2D eigenvalue weighted by molar-refractivity contribution is 5.86. The van der Waals surface area contributed by atoms with E-state index in [-0.39, 0.29) is 17.7 Å². The van der Waals surface area contributed by atoms with Crippen molar-refractivity contribution in [2.45, 2.75) is 39.2 Å². The molecule has 0 amide bonds. The molecule has 0 aliphatic rings. The van der Waals surface area contributed by atoms with Crippen LogP contribution in [0.4, 0.5) is 0 Å². The molecule has 1 aromatic rings. The Labute approximate surface area is 97.9 Å². The zero-order valence-corrected chi connectivity index (χ0v) is 10.1. The number of hydrogen-bond acceptors (Lipinski definition) is 2. The highest BCUT2D eigenvalue weighted by atomic mass is 16.1. The van der Waals surface area contributed by atoms with Crippen LogP contribution < -0.4 is 5.73 Å². The lowest BCUT2D eigenvalue weighted by Crippen LogP contribution is -2.37. The van der Waals surface area contributed by atoms with E-state index in [4.69, 9.17) is 5.73 Å². The normalized spacial score (nSPS) is 12.8. The maximum atomic E-state index is 12.0. The molecule has 1 atom stereocenters. The van der Waals surface area contributed by atoms with Gasteiger partial charge < -0.3 is 5.73 Å². The van der Waals surface area contributed by atoms with Crippen molar-refractivity contribution in [3.8, 4) is 0 Å². The lowest BCUT2D eigenvalue weighted by atomic mass is 9.90. The maximum absolute atomic E-state index is 12.0. The SMILES string of the molecule is CCC(CC)C(=O)C(N)Cc1ccccc1. The van der Waals surface area contributed by atoms with Gasteiger partial charge in [-0.2, -0.15) is 0 Å². The molecule has 1 unspecified atom stereocenters. The first-order valence-corrected chi connectivity index (χ1v) is 6.02. The summed E-state index contributed by atoms with van der Waals surface area (Å²) in [6, 6.07) is 9.60. The van der Waals surface area contributed by atoms with Crippen molar-refractivity contribution in [3.63, 3.8) is 0 Å². The van der Waals surface area contributed by atoms with Gasteiger partial charge >= 0.3 is 0 Å². The number of rotatable bonds is 6. The number of carbonyl (C=O) groups is 1. The van der Waals surface area contributed by atoms with Gasteiger partial charge in [-0.15, -0.1) is 0 Å². The van der Waals surface area contributed by atoms with Crippen molar-refractivity contribution >= 4 is 5.78 Å². The molecule has 0 aromatic heterocycles. The number of carbonyl (C=O) groups excluding carboxylic acids is 1. The first-order chi connectivity index (χ1) is 7.69. The molecular weight excluding hydrogens is 198 g/mol. The summed E-state index contributed by atoms with van der Waals surface area (Å²) in [6.07, 6.45) is 2.42. The molecular formula is C14H21NO. The lowest BCUT2D eigenvalue weighted by Gasteiger charge is -2.17. The van der Waals surface area contributed by atoms with E-state index in [0.29, 0.717) is 6.42 Å². The molecule has 0 spiro atoms. The van der Waals surface area contributed by atoms with Crippen LogP contribution in [0.3, 0.4) is 0 Å². The maximum Gasteiger partial charge on any atom is 0.152 e. The molecule has 1 aromatic carbocycles. The number of nitrogens with two attached hydrogens (primary N) is 1. The summed E-state index contributed by atoms with van der Waals surface area (Å²) in [4.78, 5) is 12.0. The predicted molar refractivity (Wildman–Crippen MR) is 67.2 cm³/mol. The monoisotopic (exact) mass is 219 g/mol. The van der Waals surface area contributed by atoms with Crippen molar-refractivity contribution in [3.05, 3.63) is 35.9 Å². The number of hydrogen-bond donors (Lipinski definition) is 1. The fourth-order valence-corrected chi connectivity index (χ4v) is 1.96. The first kappa shape index (κ1) is 12.9. The zero-order chi connectivity index (χ0) is 12.0. The van der Waals surface area contributed by atoms with E-state index in [0.717, 1.165) is 18.4 Å². The average Bonchev–Trinajstić information content (AvgIpc) is 2.31. The third-order valence-corrected chi connectivity index (χ3v) is 3.05. The molecule has 0 heterocycles. The van der Waals surface area contributed by atoms with E-state index in [1.165, 1.54) is 0 Å². The molecule has 0 bridgehead atoms. The van der Waals surface area contributed by atoms with Crippen LogP contribution in [0.1, 0.15) is 32.3 Å². The Balaban J connectivity index is 2.58. The van der Waals surface area contributed by atoms with E-state index in [1.54, 1.807) is 0 Å². The largest absolute Gasteiger partial charge is 0.321 e. The minimum Gasteiger partial charge on any atom is -0.321 e. The van der Waals surface area contributed by atoms with E-state index in [2.05, 4.69) is 0 Å². The molecule has 88 valence electrons. The summed E-state index contributed by atoms with van der Waals surface area (Å²) in [7, 11) is 0. The Morgan fingerprint density at radius 2 is 1.75 bits per heavy atom. The van der Waals surface area contributed by atoms with Gasteiger partial charge in [0.05, 0.1) is 6.04 Å². The average molecular weight is 219 g/mol. The van der Waals surface area contributed by atoms with Crippen LogP contribution in [0.15, 0.2) is 30.3 Å². The quantitative estimate of drug-likeness (QED) is 0.799. The van der Waals surface area contributed by atoms with Gasteiger partial charge in [-0.1, -0.05) is 44.2 Å². The molecule has 0 fully saturated rings. The second-order valence-electron chi connectivity index (χ2n) is 4.21. The second-order valence-corrected chi connectivity index (χ2v) is 4.21. The Bertz CT molecular complexity index is 317. The summed E-state index contributed by atoms with van der Waals surface area (Å²) in [6.45, 7) is 4.09. The Morgan fingerprint density at radius 1 is 1.19 bits per heavy atom. The van der Waals surface area contributed by atoms with Crippen molar-refractivity contribution in [2.24, 2.45) is 11.7 Å². The highest BCUT2D eigenvalue weighted by Gasteiger charge is 2.21. The summed E-state index contributed by atoms with van der Waals surface area (Å²) < 4.78 is 0. The molecule has 2 heteroatoms. The van der Waals surface area contributed by atoms with Crippen LogP contribution >= 0.6 is 0 Å². The van der Waals surface area contributed by atoms with Crippen LogP contribution in [0, 0.1) is 5.92 Å². The van der Waals surface area contributed by atoms with Crippen molar-refractivity contribution < 1.29 is 4.79 Å². The van der Waals surface area contributed by atoms with Crippen LogP contribution in [0.25, 0.3) is 0 Å². The Morgan fingerprint density at radius 3 is 2.25 bits per heavy atom. The minimum atomic E-state index is -0.354. The van der Waals surface area contributed by atoms with E-state index < -0.39 is 0 Å². The number of benzene rings is 1. The number of ketones is 1. The molecule has 2 N–H and O–H groups in total. The van der Waals surface area contributed by atoms with E-state index >= 15 is 0 Å². The van der Waals surface area contributed by atoms with Crippen molar-refractivity contribution in [1.29, 1.82) is 0 Å². The van der Waals surface area contributed by atoms with Crippen LogP contribution in [-0.2, 0) is 11.2 Å². The Hall–Kier alpha value is -1.15. The second kappa shape index (κ2) is 6.44. The third-order valence-electron chi connectivity index (χ3n) is 3.05. The molecule has 0 aliphatic heterocycles. The zero-order valence-electron chi connectivity index (χ0n) is 10.1. The van der Waals surface area contributed by atoms with Gasteiger partial charge in [0.15, 0.2) is 5.78 Å². The summed E-state index contributed by atoms with van der Waals surface area (Å²) >= 11 is 0. The Kier molecular flexibility index (Phi) is 5.20. The standard InChI is InChI=1S/C14H21NO/c1-3-12(4-2)14(16)13(15)10-11-8-6-5-7-9-11/h5-9,12-13H,3-4,10,15H2,1-2H3. The fraction of sp³-hybridized carbons (Fsp3) is 0.500. The van der Waals surface area contributed by atoms with Crippen LogP contribution in [0.5, 0.6) is 0 Å². The molecule has 0 saturated heterocycles. The molecule has 0 saturated carbocycles. The summed E-state index contributed by atoms with van der Waals surface area (Å²) in [5, 5.41) is 0. The topological polar surface area (TPSA) is 43.1 Å². The fourth-order valence-electron chi connectivity index (χ4n) is 1.96. The molecule has 1 rings (SSSR count). The van der Waals surface area contributed by atoms with Gasteiger partial charge in [-0.05, 0) is 24.8 Å². The molecule has 2 nitrogen and oxygen atoms in total. The van der Waals surface area contributed by atoms with Gasteiger partial charge in [-0.3, -0.25) is 4.79 Å². The van der Waals surface area contributed by atoms with Gasteiger partial charge in [0.25, 0.3) is 0 Å². The summed E-state index contributed by atoms with van der Waals surface area (Å²) in [5.74, 6) is 0.326. The number of Topliss-reactive ketones (excluding diaryl/α,β-unsaturated/α-hetero) is 1. The molecule has 0 aliphatic carbocycles. The van der Waals surface area contributed by atoms with Crippen LogP contribution in [-0.4, -0.2) is 11.8 Å². The minimum absolute atomic E-state index is 0.124. The highest BCUT2D eigenvalue weighted by Crippen LogP contribution is 2.13. The molecule has 0 radical (unpaired) electrons. The van der Waals surface area contributed by atoms with Crippen molar-refractivity contribution in [1.82, 2.24) is 0 Å². The first-order valence-electron chi connectivity index (χ1n) is 6.02. The van der Waals surface area contributed by atoms with Gasteiger partial charge in [0.2, 0.25) is 0 Å². The molecule has 16 heavy (non-hydrogen) atoms. The van der Waals surface area contributed by atoms with Gasteiger partial charge in [0, 0.05) is 5.92 Å². The smallest absolute Gasteiger partial charge is 0.152 e. The van der Waals surface area contributed by atoms with E-state index in [9.17, 15) is 4.79 Å². The predicted octanol–water partition coefficient (Wildman–Crippen LogP) is 2.56. The summed E-state index contributed by atoms with van der Waals surface area (Å²) in [5.41, 5.74) is 7.09. The lowest BCUT2D eigenvalue weighted by molar-refractivity contribution is -0.124. The van der Waals surface area contributed by atoms with E-state index in [1.807, 2.05) is 44.2 Å². The van der Waals surface area contributed by atoms with Gasteiger partial charge in [-0.25, -0.2) is 0 Å².